The van der Waals surface area contributed by atoms with E-state index in [0.717, 1.165) is 32.1 Å². The normalized spacial score (nSPS) is 40.1. The molecule has 3 rings (SSSR count). The molecule has 4 atom stereocenters. The zero-order valence-electron chi connectivity index (χ0n) is 11.4. The quantitative estimate of drug-likeness (QED) is 0.432. The van der Waals surface area contributed by atoms with E-state index in [1.165, 1.54) is 4.90 Å². The van der Waals surface area contributed by atoms with Crippen LogP contribution in [0.15, 0.2) is 12.7 Å². The first-order valence-corrected chi connectivity index (χ1v) is 7.26. The fourth-order valence-electron chi connectivity index (χ4n) is 3.83. The summed E-state index contributed by atoms with van der Waals surface area (Å²) in [6.07, 6.45) is 6.40. The number of hydrogen-bond donors (Lipinski definition) is 0. The molecule has 3 aliphatic rings. The van der Waals surface area contributed by atoms with Crippen molar-refractivity contribution in [3.63, 3.8) is 0 Å². The van der Waals surface area contributed by atoms with Crippen molar-refractivity contribution in [1.82, 2.24) is 4.90 Å². The number of epoxide rings is 1. The largest absolute Gasteiger partial charge is 0.370 e. The van der Waals surface area contributed by atoms with Crippen LogP contribution in [0.3, 0.4) is 0 Å². The first kappa shape index (κ1) is 12.9. The van der Waals surface area contributed by atoms with Gasteiger partial charge in [-0.25, -0.2) is 0 Å². The van der Waals surface area contributed by atoms with Gasteiger partial charge < -0.3 is 4.74 Å². The van der Waals surface area contributed by atoms with E-state index in [1.807, 2.05) is 0 Å². The van der Waals surface area contributed by atoms with Gasteiger partial charge >= 0.3 is 0 Å². The Bertz CT molecular complexity index is 433. The van der Waals surface area contributed by atoms with Crippen LogP contribution in [-0.2, 0) is 14.3 Å². The van der Waals surface area contributed by atoms with Gasteiger partial charge in [0.1, 0.15) is 0 Å². The van der Waals surface area contributed by atoms with Crippen molar-refractivity contribution < 1.29 is 14.3 Å². The molecule has 0 radical (unpaired) electrons. The van der Waals surface area contributed by atoms with Gasteiger partial charge in [0.15, 0.2) is 0 Å². The van der Waals surface area contributed by atoms with Crippen molar-refractivity contribution in [2.75, 3.05) is 6.54 Å². The summed E-state index contributed by atoms with van der Waals surface area (Å²) in [4.78, 5) is 26.6. The lowest BCUT2D eigenvalue weighted by Gasteiger charge is -2.33. The average molecular weight is 263 g/mol. The van der Waals surface area contributed by atoms with Crippen LogP contribution in [-0.4, -0.2) is 35.5 Å². The highest BCUT2D eigenvalue weighted by atomic mass is 16.6. The Morgan fingerprint density at radius 3 is 2.95 bits per heavy atom. The van der Waals surface area contributed by atoms with Crippen molar-refractivity contribution in [1.29, 1.82) is 0 Å². The number of nitrogens with zero attached hydrogens (tertiary/aromatic N) is 1. The Morgan fingerprint density at radius 1 is 1.47 bits per heavy atom. The summed E-state index contributed by atoms with van der Waals surface area (Å²) < 4.78 is 5.57. The summed E-state index contributed by atoms with van der Waals surface area (Å²) in [5.41, 5.74) is -0.478. The number of carbonyl (C=O) groups is 2. The Kier molecular flexibility index (Phi) is 3.01. The highest BCUT2D eigenvalue weighted by Crippen LogP contribution is 2.56. The molecule has 0 aromatic rings. The first-order chi connectivity index (χ1) is 9.14. The molecule has 2 aliphatic heterocycles. The van der Waals surface area contributed by atoms with Gasteiger partial charge in [0.25, 0.3) is 0 Å². The summed E-state index contributed by atoms with van der Waals surface area (Å²) in [7, 11) is 0. The summed E-state index contributed by atoms with van der Waals surface area (Å²) >= 11 is 0. The Hall–Kier alpha value is -1.16. The topological polar surface area (TPSA) is 49.9 Å². The molecule has 4 nitrogen and oxygen atoms in total. The highest BCUT2D eigenvalue weighted by Gasteiger charge is 2.66. The molecule has 4 unspecified atom stereocenters. The summed E-state index contributed by atoms with van der Waals surface area (Å²) in [5.74, 6) is -0.144. The number of ether oxygens (including phenoxy) is 1. The molecule has 3 fully saturated rings. The smallest absolute Gasteiger partial charge is 0.236 e. The predicted molar refractivity (Wildman–Crippen MR) is 70.3 cm³/mol. The van der Waals surface area contributed by atoms with Crippen LogP contribution < -0.4 is 0 Å². The minimum atomic E-state index is -0.478. The van der Waals surface area contributed by atoms with E-state index < -0.39 is 5.41 Å². The van der Waals surface area contributed by atoms with E-state index in [4.69, 9.17) is 4.74 Å². The lowest BCUT2D eigenvalue weighted by Crippen LogP contribution is -2.40. The van der Waals surface area contributed by atoms with Crippen LogP contribution in [0.25, 0.3) is 0 Å². The van der Waals surface area contributed by atoms with Crippen molar-refractivity contribution in [3.05, 3.63) is 12.7 Å². The van der Waals surface area contributed by atoms with Gasteiger partial charge in [0, 0.05) is 6.54 Å². The van der Waals surface area contributed by atoms with Gasteiger partial charge in [-0.2, -0.15) is 0 Å². The second-order valence-electron chi connectivity index (χ2n) is 6.01. The fraction of sp³-hybridized carbons (Fsp3) is 0.733. The van der Waals surface area contributed by atoms with Crippen LogP contribution in [0.4, 0.5) is 0 Å². The molecule has 2 heterocycles. The lowest BCUT2D eigenvalue weighted by molar-refractivity contribution is -0.141. The van der Waals surface area contributed by atoms with Crippen LogP contribution in [0.2, 0.25) is 0 Å². The van der Waals surface area contributed by atoms with Crippen molar-refractivity contribution in [2.45, 2.75) is 51.2 Å². The number of amides is 2. The molecule has 0 aromatic carbocycles. The summed E-state index contributed by atoms with van der Waals surface area (Å²) in [6.45, 7) is 6.11. The molecule has 1 aliphatic carbocycles. The van der Waals surface area contributed by atoms with Gasteiger partial charge in [-0.15, -0.1) is 6.58 Å². The van der Waals surface area contributed by atoms with E-state index in [9.17, 15) is 9.59 Å². The van der Waals surface area contributed by atoms with Gasteiger partial charge in [-0.05, 0) is 19.3 Å². The molecule has 0 bridgehead atoms. The third-order valence-electron chi connectivity index (χ3n) is 4.91. The maximum atomic E-state index is 12.7. The first-order valence-electron chi connectivity index (χ1n) is 7.26. The molecule has 4 heteroatoms. The van der Waals surface area contributed by atoms with E-state index in [0.29, 0.717) is 6.54 Å². The summed E-state index contributed by atoms with van der Waals surface area (Å²) in [5, 5.41) is 0. The number of likely N-dealkylation sites (tertiary alicyclic amines) is 1. The van der Waals surface area contributed by atoms with E-state index >= 15 is 0 Å². The lowest BCUT2D eigenvalue weighted by atomic mass is 9.65. The van der Waals surface area contributed by atoms with Crippen molar-refractivity contribution in [3.8, 4) is 0 Å². The predicted octanol–water partition coefficient (Wildman–Crippen LogP) is 1.90. The van der Waals surface area contributed by atoms with Gasteiger partial charge in [-0.1, -0.05) is 25.8 Å². The number of carbonyl (C=O) groups excluding carboxylic acids is 2. The zero-order chi connectivity index (χ0) is 13.6. The van der Waals surface area contributed by atoms with Gasteiger partial charge in [-0.3, -0.25) is 14.5 Å². The molecule has 2 amide bonds. The van der Waals surface area contributed by atoms with Crippen molar-refractivity contribution in [2.24, 2.45) is 11.3 Å². The Labute approximate surface area is 113 Å². The zero-order valence-corrected chi connectivity index (χ0v) is 11.4. The maximum absolute atomic E-state index is 12.7. The second kappa shape index (κ2) is 4.44. The Morgan fingerprint density at radius 2 is 2.26 bits per heavy atom. The van der Waals surface area contributed by atoms with Crippen LogP contribution in [0.5, 0.6) is 0 Å². The summed E-state index contributed by atoms with van der Waals surface area (Å²) in [6, 6.07) is 0. The van der Waals surface area contributed by atoms with Crippen LogP contribution in [0.1, 0.15) is 39.0 Å². The van der Waals surface area contributed by atoms with Crippen LogP contribution in [0, 0.1) is 11.3 Å². The molecule has 1 saturated carbocycles. The van der Waals surface area contributed by atoms with E-state index in [2.05, 4.69) is 13.5 Å². The molecule has 19 heavy (non-hydrogen) atoms. The van der Waals surface area contributed by atoms with E-state index in [-0.39, 0.29) is 29.9 Å². The molecule has 0 spiro atoms. The highest BCUT2D eigenvalue weighted by molar-refractivity contribution is 6.07. The SMILES string of the molecule is C=CCN1C(=O)C2CC3OC3CC2(CCCC)C1=O. The minimum Gasteiger partial charge on any atom is -0.370 e. The molecule has 0 aromatic heterocycles. The number of hydrogen-bond acceptors (Lipinski definition) is 3. The van der Waals surface area contributed by atoms with E-state index in [1.54, 1.807) is 6.08 Å². The molecule has 2 saturated heterocycles. The number of fused-ring (bicyclic) bond motifs is 2. The third-order valence-corrected chi connectivity index (χ3v) is 4.91. The molecule has 104 valence electrons. The number of unbranched alkanes of at least 4 members (excludes halogenated alkanes) is 1. The number of imide groups is 1. The average Bonchev–Trinajstić information content (AvgIpc) is 3.13. The fourth-order valence-corrected chi connectivity index (χ4v) is 3.83. The maximum Gasteiger partial charge on any atom is 0.236 e. The monoisotopic (exact) mass is 263 g/mol. The van der Waals surface area contributed by atoms with Crippen molar-refractivity contribution >= 4 is 11.8 Å². The van der Waals surface area contributed by atoms with Crippen LogP contribution >= 0.6 is 0 Å². The molecular formula is C15H21NO3. The van der Waals surface area contributed by atoms with Gasteiger partial charge in [0.2, 0.25) is 11.8 Å². The standard InChI is InChI=1S/C15H21NO3/c1-3-5-6-15-9-12-11(19-12)8-10(15)13(17)16(7-4-2)14(15)18/h4,10-12H,2-3,5-9H2,1H3. The molecular weight excluding hydrogens is 242 g/mol. The second-order valence-corrected chi connectivity index (χ2v) is 6.01. The number of rotatable bonds is 5. The minimum absolute atomic E-state index is 0.00467. The third kappa shape index (κ3) is 1.76. The van der Waals surface area contributed by atoms with Gasteiger partial charge in [0.05, 0.1) is 23.5 Å². The Balaban J connectivity index is 1.91. The molecule has 0 N–H and O–H groups in total.